The van der Waals surface area contributed by atoms with Gasteiger partial charge in [-0.25, -0.2) is 9.98 Å². The Bertz CT molecular complexity index is 1470. The lowest BCUT2D eigenvalue weighted by molar-refractivity contribution is 0.215. The number of aliphatic imine (C=N–C) groups is 3. The first-order valence-electron chi connectivity index (χ1n) is 10.9. The van der Waals surface area contributed by atoms with Crippen LogP contribution in [0.5, 0.6) is 0 Å². The summed E-state index contributed by atoms with van der Waals surface area (Å²) in [6, 6.07) is 15.6. The van der Waals surface area contributed by atoms with Crippen molar-refractivity contribution in [3.05, 3.63) is 95.6 Å². The molecule has 3 heterocycles. The Kier molecular flexibility index (Phi) is 5.51. The van der Waals surface area contributed by atoms with Crippen LogP contribution in [0.15, 0.2) is 99.5 Å². The van der Waals surface area contributed by atoms with Crippen molar-refractivity contribution in [1.29, 1.82) is 0 Å². The van der Waals surface area contributed by atoms with Crippen molar-refractivity contribution in [2.75, 3.05) is 5.73 Å². The molecule has 0 unspecified atom stereocenters. The molecule has 0 saturated carbocycles. The maximum absolute atomic E-state index is 10.0. The second kappa shape index (κ2) is 8.65. The summed E-state index contributed by atoms with van der Waals surface area (Å²) in [5, 5.41) is 11.6. The van der Waals surface area contributed by atoms with Gasteiger partial charge in [0.1, 0.15) is 30.0 Å². The lowest BCUT2D eigenvalue weighted by Gasteiger charge is -2.17. The fourth-order valence-electron chi connectivity index (χ4n) is 4.35. The fourth-order valence-corrected chi connectivity index (χ4v) is 4.35. The van der Waals surface area contributed by atoms with Crippen LogP contribution in [-0.4, -0.2) is 40.0 Å². The number of amidine groups is 3. The number of fused-ring (bicyclic) bond motifs is 2. The zero-order valence-corrected chi connectivity index (χ0v) is 18.8. The first kappa shape index (κ1) is 21.7. The number of aliphatic hydroxyl groups excluding tert-OH is 1. The van der Waals surface area contributed by atoms with Crippen molar-refractivity contribution in [3.8, 4) is 0 Å². The second-order valence-corrected chi connectivity index (χ2v) is 7.89. The number of hydrogen-bond donors (Lipinski definition) is 2. The van der Waals surface area contributed by atoms with E-state index in [1.165, 1.54) is 4.81 Å². The minimum Gasteiger partial charge on any atom is -0.384 e. The Morgan fingerprint density at radius 3 is 2.53 bits per heavy atom. The smallest absolute Gasteiger partial charge is 0.238 e. The zero-order chi connectivity index (χ0) is 23.8. The van der Waals surface area contributed by atoms with Gasteiger partial charge >= 0.3 is 0 Å². The van der Waals surface area contributed by atoms with Crippen LogP contribution in [0.25, 0.3) is 10.8 Å². The van der Waals surface area contributed by atoms with Gasteiger partial charge in [-0.1, -0.05) is 73.3 Å². The molecule has 0 bridgehead atoms. The first-order chi connectivity index (χ1) is 16.6. The van der Waals surface area contributed by atoms with E-state index < -0.39 is 0 Å². The third-order valence-corrected chi connectivity index (χ3v) is 5.98. The molecule has 0 fully saturated rings. The number of aliphatic hydroxyl groups is 1. The van der Waals surface area contributed by atoms with Gasteiger partial charge in [0.05, 0.1) is 6.54 Å². The molecule has 2 aliphatic rings. The summed E-state index contributed by atoms with van der Waals surface area (Å²) < 4.78 is 1.55. The number of nitrogen functional groups attached to an aromatic ring is 1. The molecule has 0 amide bonds. The van der Waals surface area contributed by atoms with Crippen LogP contribution in [0, 0.1) is 0 Å². The van der Waals surface area contributed by atoms with E-state index in [0.717, 1.165) is 33.0 Å². The van der Waals surface area contributed by atoms with E-state index >= 15 is 0 Å². The van der Waals surface area contributed by atoms with Gasteiger partial charge in [-0.05, 0) is 12.5 Å². The Morgan fingerprint density at radius 2 is 1.79 bits per heavy atom. The summed E-state index contributed by atoms with van der Waals surface area (Å²) in [6.45, 7) is 6.18. The highest BCUT2D eigenvalue weighted by molar-refractivity contribution is 6.40. The molecule has 0 aliphatic carbocycles. The quantitative estimate of drug-likeness (QED) is 0.593. The van der Waals surface area contributed by atoms with Gasteiger partial charge in [0, 0.05) is 27.5 Å². The largest absolute Gasteiger partial charge is 0.384 e. The van der Waals surface area contributed by atoms with Crippen LogP contribution in [0.1, 0.15) is 18.1 Å². The summed E-state index contributed by atoms with van der Waals surface area (Å²) in [4.78, 5) is 15.8. The maximum Gasteiger partial charge on any atom is 0.238 e. The standard InChI is InChI=1S/C26H23BN6O/c1-3-9-20-17(4-2)25(31-24-21-13-8-7-12-19(21)22(28)32(24)15-34)33(27)26(20)30-23-18-11-6-5-10-16(18)14-29-23/h3-13,34H,2,14-15,28H2,1H3/b9-3-,30-26?,31-25?. The van der Waals surface area contributed by atoms with Crippen molar-refractivity contribution < 1.29 is 5.11 Å². The van der Waals surface area contributed by atoms with Crippen LogP contribution in [0.3, 0.4) is 0 Å². The lowest BCUT2D eigenvalue weighted by atomic mass is 10.1. The molecule has 0 atom stereocenters. The molecule has 7 nitrogen and oxygen atoms in total. The first-order valence-corrected chi connectivity index (χ1v) is 10.9. The number of hydrogen-bond acceptors (Lipinski definition) is 5. The maximum atomic E-state index is 10.0. The number of anilines is 1. The van der Waals surface area contributed by atoms with Crippen molar-refractivity contribution >= 4 is 47.9 Å². The predicted molar refractivity (Wildman–Crippen MR) is 139 cm³/mol. The molecular weight excluding hydrogens is 423 g/mol. The van der Waals surface area contributed by atoms with E-state index in [-0.39, 0.29) is 6.73 Å². The van der Waals surface area contributed by atoms with Crippen LogP contribution < -0.4 is 5.73 Å². The summed E-state index contributed by atoms with van der Waals surface area (Å²) in [5.41, 5.74) is 9.91. The molecule has 3 N–H and O–H groups in total. The normalized spacial score (nSPS) is 18.1. The van der Waals surface area contributed by atoms with Gasteiger partial charge in [0.15, 0.2) is 5.84 Å². The Morgan fingerprint density at radius 1 is 1.09 bits per heavy atom. The topological polar surface area (TPSA) is 91.5 Å². The number of aromatic nitrogens is 1. The van der Waals surface area contributed by atoms with E-state index in [9.17, 15) is 5.11 Å². The molecule has 166 valence electrons. The molecule has 2 aromatic carbocycles. The minimum absolute atomic E-state index is 0.319. The third kappa shape index (κ3) is 3.31. The minimum atomic E-state index is -0.319. The molecule has 34 heavy (non-hydrogen) atoms. The number of allylic oxidation sites excluding steroid dienone is 1. The van der Waals surface area contributed by atoms with Gasteiger partial charge in [0.25, 0.3) is 0 Å². The average Bonchev–Trinajstić information content (AvgIpc) is 3.47. The Hall–Kier alpha value is -4.17. The molecule has 0 spiro atoms. The monoisotopic (exact) mass is 446 g/mol. The molecule has 8 heteroatoms. The summed E-state index contributed by atoms with van der Waals surface area (Å²) in [6.07, 6.45) is 5.55. The van der Waals surface area contributed by atoms with Crippen molar-refractivity contribution in [2.45, 2.75) is 20.2 Å². The fraction of sp³-hybridized carbons (Fsp3) is 0.115. The van der Waals surface area contributed by atoms with E-state index in [1.807, 2.05) is 67.6 Å². The van der Waals surface area contributed by atoms with Crippen molar-refractivity contribution in [3.63, 3.8) is 0 Å². The molecule has 2 aliphatic heterocycles. The van der Waals surface area contributed by atoms with Gasteiger partial charge in [-0.2, -0.15) is 0 Å². The highest BCUT2D eigenvalue weighted by atomic mass is 16.3. The van der Waals surface area contributed by atoms with Crippen molar-refractivity contribution in [2.24, 2.45) is 15.0 Å². The summed E-state index contributed by atoms with van der Waals surface area (Å²) in [7, 11) is 6.59. The second-order valence-electron chi connectivity index (χ2n) is 7.89. The molecule has 3 aromatic rings. The van der Waals surface area contributed by atoms with Gasteiger partial charge < -0.3 is 15.7 Å². The Balaban J connectivity index is 1.70. The predicted octanol–water partition coefficient (Wildman–Crippen LogP) is 4.02. The summed E-state index contributed by atoms with van der Waals surface area (Å²) in [5.74, 6) is 2.53. The Labute approximate surface area is 199 Å². The molecule has 2 radical (unpaired) electrons. The SMILES string of the molecule is [B]N1C(=Nc2c3ccccc3c(N)n2CO)C(C=C)=C(/C=C\C)C1=NC1=NCc2ccccc21. The molecule has 5 rings (SSSR count). The van der Waals surface area contributed by atoms with E-state index in [4.69, 9.17) is 23.7 Å². The van der Waals surface area contributed by atoms with Gasteiger partial charge in [0.2, 0.25) is 7.98 Å². The molecule has 1 aromatic heterocycles. The average molecular weight is 446 g/mol. The van der Waals surface area contributed by atoms with Crippen LogP contribution >= 0.6 is 0 Å². The number of nitrogens with zero attached hydrogens (tertiary/aromatic N) is 5. The van der Waals surface area contributed by atoms with E-state index in [2.05, 4.69) is 11.6 Å². The zero-order valence-electron chi connectivity index (χ0n) is 18.8. The highest BCUT2D eigenvalue weighted by Gasteiger charge is 2.31. The van der Waals surface area contributed by atoms with Gasteiger partial charge in [-0.15, -0.1) is 0 Å². The van der Waals surface area contributed by atoms with Crippen LogP contribution in [-0.2, 0) is 13.3 Å². The lowest BCUT2D eigenvalue weighted by Crippen LogP contribution is -2.30. The molecule has 0 saturated heterocycles. The summed E-state index contributed by atoms with van der Waals surface area (Å²) >= 11 is 0. The number of rotatable bonds is 4. The van der Waals surface area contributed by atoms with E-state index in [1.54, 1.807) is 10.6 Å². The van der Waals surface area contributed by atoms with Crippen LogP contribution in [0.4, 0.5) is 11.6 Å². The third-order valence-electron chi connectivity index (χ3n) is 5.98. The number of benzene rings is 2. The highest BCUT2D eigenvalue weighted by Crippen LogP contribution is 2.36. The van der Waals surface area contributed by atoms with E-state index in [0.29, 0.717) is 35.7 Å². The van der Waals surface area contributed by atoms with Gasteiger partial charge in [-0.3, -0.25) is 9.56 Å². The number of nitrogens with two attached hydrogens (primary N) is 1. The van der Waals surface area contributed by atoms with Crippen LogP contribution in [0.2, 0.25) is 0 Å². The molecular formula is C26H23BN6O. The van der Waals surface area contributed by atoms with Crippen molar-refractivity contribution in [1.82, 2.24) is 9.38 Å².